The number of rotatable bonds is 6. The lowest BCUT2D eigenvalue weighted by Gasteiger charge is -2.13. The first kappa shape index (κ1) is 27.8. The highest BCUT2D eigenvalue weighted by Crippen LogP contribution is 2.35. The van der Waals surface area contributed by atoms with E-state index in [1.165, 1.54) is 12.1 Å². The molecule has 0 bridgehead atoms. The van der Waals surface area contributed by atoms with Gasteiger partial charge in [0.05, 0.1) is 27.0 Å². The molecule has 0 atom stereocenters. The molecule has 0 spiro atoms. The minimum atomic E-state index is -4.61. The zero-order chi connectivity index (χ0) is 27.6. The molecule has 3 aromatic rings. The molecule has 7 nitrogen and oxygen atoms in total. The number of benzene rings is 2. The molecule has 0 radical (unpaired) electrons. The summed E-state index contributed by atoms with van der Waals surface area (Å²) in [6, 6.07) is 7.21. The van der Waals surface area contributed by atoms with Crippen molar-refractivity contribution in [3.05, 3.63) is 79.7 Å². The van der Waals surface area contributed by atoms with Gasteiger partial charge >= 0.3 is 6.18 Å². The Kier molecular flexibility index (Phi) is 8.25. The summed E-state index contributed by atoms with van der Waals surface area (Å²) >= 11 is 17.9. The van der Waals surface area contributed by atoms with Gasteiger partial charge in [0.25, 0.3) is 11.8 Å². The highest BCUT2D eigenvalue weighted by atomic mass is 35.5. The first-order valence-corrected chi connectivity index (χ1v) is 12.3. The fraction of sp³-hybridized carbons (Fsp3) is 0.240. The van der Waals surface area contributed by atoms with Crippen molar-refractivity contribution < 1.29 is 31.9 Å². The molecule has 0 fully saturated rings. The third kappa shape index (κ3) is 6.25. The van der Waals surface area contributed by atoms with Crippen LogP contribution in [0, 0.1) is 6.92 Å². The number of hydrazone groups is 1. The predicted molar refractivity (Wildman–Crippen MR) is 137 cm³/mol. The van der Waals surface area contributed by atoms with Crippen LogP contribution in [0.25, 0.3) is 0 Å². The van der Waals surface area contributed by atoms with E-state index in [0.717, 1.165) is 18.2 Å². The number of alkyl halides is 3. The quantitative estimate of drug-likeness (QED) is 0.302. The molecule has 0 saturated heterocycles. The number of fused-ring (bicyclic) bond motifs is 1. The molecular weight excluding hydrogens is 570 g/mol. The Hall–Kier alpha value is -3.21. The number of aryl methyl sites for hydroxylation is 1. The summed E-state index contributed by atoms with van der Waals surface area (Å²) in [7, 11) is 0. The summed E-state index contributed by atoms with van der Waals surface area (Å²) in [4.78, 5) is 25.2. The Morgan fingerprint density at radius 3 is 2.55 bits per heavy atom. The van der Waals surface area contributed by atoms with Crippen LogP contribution in [0.15, 0.2) is 45.9 Å². The van der Waals surface area contributed by atoms with E-state index in [9.17, 15) is 22.8 Å². The van der Waals surface area contributed by atoms with Crippen molar-refractivity contribution in [2.24, 2.45) is 5.10 Å². The molecule has 2 N–H and O–H groups in total. The van der Waals surface area contributed by atoms with Gasteiger partial charge in [-0.1, -0.05) is 34.8 Å². The summed E-state index contributed by atoms with van der Waals surface area (Å²) in [5, 5.41) is 7.18. The lowest BCUT2D eigenvalue weighted by molar-refractivity contribution is -0.137. The van der Waals surface area contributed by atoms with Gasteiger partial charge in [0.1, 0.15) is 11.5 Å². The standard InChI is InChI=1S/C25H19Cl3F3N3O4/c1-12-22-17(33-34-21(35)11-37-19-8-6-14(26)10-16(19)28)3-2-4-20(22)38-23(12)24(36)32-18-9-13(25(29,30)31)5-7-15(18)27/h5-10H,2-4,11H2,1H3,(H,32,36)(H,34,35)/b33-17+. The minimum absolute atomic E-state index is 0.0626. The summed E-state index contributed by atoms with van der Waals surface area (Å²) in [6.07, 6.45) is -2.95. The van der Waals surface area contributed by atoms with Crippen molar-refractivity contribution in [3.63, 3.8) is 0 Å². The number of halogens is 6. The number of nitrogens with one attached hydrogen (secondary N) is 2. The maximum Gasteiger partial charge on any atom is 0.416 e. The predicted octanol–water partition coefficient (Wildman–Crippen LogP) is 7.05. The van der Waals surface area contributed by atoms with Gasteiger partial charge < -0.3 is 14.5 Å². The number of ether oxygens (including phenoxy) is 1. The smallest absolute Gasteiger partial charge is 0.416 e. The van der Waals surface area contributed by atoms with Gasteiger partial charge in [0, 0.05) is 22.6 Å². The second-order valence-electron chi connectivity index (χ2n) is 8.31. The van der Waals surface area contributed by atoms with Crippen LogP contribution in [0.4, 0.5) is 18.9 Å². The largest absolute Gasteiger partial charge is 0.482 e. The van der Waals surface area contributed by atoms with E-state index in [1.807, 2.05) is 0 Å². The molecule has 38 heavy (non-hydrogen) atoms. The molecule has 13 heteroatoms. The SMILES string of the molecule is Cc1c(C(=O)Nc2cc(C(F)(F)F)ccc2Cl)oc2c1/C(=N/NC(=O)COc1ccc(Cl)cc1Cl)CCC2. The summed E-state index contributed by atoms with van der Waals surface area (Å²) in [6.45, 7) is 1.26. The van der Waals surface area contributed by atoms with E-state index in [1.54, 1.807) is 13.0 Å². The second kappa shape index (κ2) is 11.3. The Bertz CT molecular complexity index is 1440. The van der Waals surface area contributed by atoms with Gasteiger partial charge in [0.2, 0.25) is 0 Å². The van der Waals surface area contributed by atoms with Crippen LogP contribution in [0.5, 0.6) is 5.75 Å². The van der Waals surface area contributed by atoms with Crippen LogP contribution in [0.1, 0.15) is 45.8 Å². The Morgan fingerprint density at radius 1 is 1.08 bits per heavy atom. The maximum atomic E-state index is 13.1. The molecule has 4 rings (SSSR count). The number of furan rings is 1. The van der Waals surface area contributed by atoms with E-state index in [-0.39, 0.29) is 33.8 Å². The van der Waals surface area contributed by atoms with Crippen molar-refractivity contribution in [2.75, 3.05) is 11.9 Å². The molecule has 0 aliphatic heterocycles. The summed E-state index contributed by atoms with van der Waals surface area (Å²) in [5.74, 6) is -0.652. The molecule has 1 heterocycles. The van der Waals surface area contributed by atoms with E-state index in [4.69, 9.17) is 44.0 Å². The van der Waals surface area contributed by atoms with Gasteiger partial charge in [-0.15, -0.1) is 0 Å². The van der Waals surface area contributed by atoms with Crippen molar-refractivity contribution in [3.8, 4) is 5.75 Å². The van der Waals surface area contributed by atoms with Crippen LogP contribution in [-0.4, -0.2) is 24.1 Å². The number of amides is 2. The summed E-state index contributed by atoms with van der Waals surface area (Å²) in [5.41, 5.74) is 2.72. The number of nitrogens with zero attached hydrogens (tertiary/aromatic N) is 1. The minimum Gasteiger partial charge on any atom is -0.482 e. The fourth-order valence-electron chi connectivity index (χ4n) is 3.87. The zero-order valence-corrected chi connectivity index (χ0v) is 21.9. The number of anilines is 1. The molecule has 2 aromatic carbocycles. The van der Waals surface area contributed by atoms with Gasteiger partial charge in [-0.05, 0) is 56.2 Å². The number of hydrogen-bond donors (Lipinski definition) is 2. The van der Waals surface area contributed by atoms with Gasteiger partial charge in [-0.3, -0.25) is 9.59 Å². The zero-order valence-electron chi connectivity index (χ0n) is 19.6. The Balaban J connectivity index is 1.48. The van der Waals surface area contributed by atoms with Crippen molar-refractivity contribution in [2.45, 2.75) is 32.4 Å². The highest BCUT2D eigenvalue weighted by Gasteiger charge is 2.32. The fourth-order valence-corrected chi connectivity index (χ4v) is 4.50. The molecular formula is C25H19Cl3F3N3O4. The normalized spacial score (nSPS) is 14.2. The molecule has 2 amide bonds. The molecule has 0 unspecified atom stereocenters. The lowest BCUT2D eigenvalue weighted by Crippen LogP contribution is -2.27. The van der Waals surface area contributed by atoms with Crippen LogP contribution < -0.4 is 15.5 Å². The highest BCUT2D eigenvalue weighted by molar-refractivity contribution is 6.35. The molecule has 200 valence electrons. The van der Waals surface area contributed by atoms with Crippen molar-refractivity contribution in [1.82, 2.24) is 5.43 Å². The average Bonchev–Trinajstić information content (AvgIpc) is 3.20. The monoisotopic (exact) mass is 587 g/mol. The van der Waals surface area contributed by atoms with Gasteiger partial charge in [-0.25, -0.2) is 5.43 Å². The second-order valence-corrected chi connectivity index (χ2v) is 9.56. The van der Waals surface area contributed by atoms with Crippen molar-refractivity contribution >= 4 is 58.0 Å². The first-order chi connectivity index (χ1) is 17.9. The summed E-state index contributed by atoms with van der Waals surface area (Å²) < 4.78 is 50.4. The van der Waals surface area contributed by atoms with Crippen molar-refractivity contribution in [1.29, 1.82) is 0 Å². The topological polar surface area (TPSA) is 92.9 Å². The van der Waals surface area contributed by atoms with Crippen LogP contribution >= 0.6 is 34.8 Å². The molecule has 1 aliphatic carbocycles. The van der Waals surface area contributed by atoms with E-state index >= 15 is 0 Å². The Labute approximate surface area is 229 Å². The molecule has 1 aliphatic rings. The van der Waals surface area contributed by atoms with Crippen LogP contribution in [0.2, 0.25) is 15.1 Å². The van der Waals surface area contributed by atoms with E-state index in [0.29, 0.717) is 46.9 Å². The van der Waals surface area contributed by atoms with Gasteiger partial charge in [-0.2, -0.15) is 18.3 Å². The third-order valence-electron chi connectivity index (χ3n) is 5.64. The first-order valence-electron chi connectivity index (χ1n) is 11.2. The van der Waals surface area contributed by atoms with Crippen LogP contribution in [-0.2, 0) is 17.4 Å². The number of hydrogen-bond acceptors (Lipinski definition) is 5. The Morgan fingerprint density at radius 2 is 1.84 bits per heavy atom. The average molecular weight is 589 g/mol. The van der Waals surface area contributed by atoms with Crippen LogP contribution in [0.3, 0.4) is 0 Å². The molecule has 0 saturated carbocycles. The lowest BCUT2D eigenvalue weighted by atomic mass is 9.93. The van der Waals surface area contributed by atoms with E-state index in [2.05, 4.69) is 15.8 Å². The maximum absolute atomic E-state index is 13.1. The third-order valence-corrected chi connectivity index (χ3v) is 6.50. The number of carbonyl (C=O) groups excluding carboxylic acids is 2. The van der Waals surface area contributed by atoms with Gasteiger partial charge in [0.15, 0.2) is 12.4 Å². The molecule has 1 aromatic heterocycles. The number of carbonyl (C=O) groups is 2. The van der Waals surface area contributed by atoms with E-state index < -0.39 is 23.6 Å².